The third-order valence-corrected chi connectivity index (χ3v) is 8.50. The smallest absolute Gasteiger partial charge is 0.326 e. The van der Waals surface area contributed by atoms with Gasteiger partial charge in [0.15, 0.2) is 5.96 Å². The van der Waals surface area contributed by atoms with Crippen LogP contribution in [0.3, 0.4) is 0 Å². The van der Waals surface area contributed by atoms with E-state index in [2.05, 4.69) is 46.9 Å². The van der Waals surface area contributed by atoms with Gasteiger partial charge in [-0.05, 0) is 50.5 Å². The Labute approximate surface area is 322 Å². The molecule has 0 saturated heterocycles. The molecule has 0 spiro atoms. The summed E-state index contributed by atoms with van der Waals surface area (Å²) in [6.45, 7) is 3.38. The van der Waals surface area contributed by atoms with E-state index < -0.39 is 96.9 Å². The molecule has 1 rings (SSSR count). The van der Waals surface area contributed by atoms with Crippen molar-refractivity contribution in [3.8, 4) is 0 Å². The number of carboxylic acid groups (broad SMARTS) is 1. The number of carbonyl (C=O) groups excluding carboxylic acids is 6. The van der Waals surface area contributed by atoms with Gasteiger partial charge in [0, 0.05) is 24.9 Å². The molecule has 310 valence electrons. The molecule has 1 aromatic heterocycles. The molecule has 6 amide bonds. The Morgan fingerprint density at radius 3 is 1.85 bits per heavy atom. The van der Waals surface area contributed by atoms with Gasteiger partial charge in [0.1, 0.15) is 42.3 Å². The molecule has 0 saturated carbocycles. The topological polar surface area (TPSA) is 371 Å². The molecular weight excluding hydrogens is 744 g/mol. The van der Waals surface area contributed by atoms with Crippen molar-refractivity contribution in [2.24, 2.45) is 28.1 Å². The molecule has 0 aromatic carbocycles. The van der Waals surface area contributed by atoms with Crippen LogP contribution in [-0.2, 0) is 40.0 Å². The molecule has 0 radical (unpaired) electrons. The number of nitrogens with two attached hydrogens (primary N) is 3. The number of hydrogen-bond donors (Lipinski definition) is 13. The van der Waals surface area contributed by atoms with Crippen LogP contribution in [0.15, 0.2) is 17.5 Å². The molecule has 55 heavy (non-hydrogen) atoms. The van der Waals surface area contributed by atoms with E-state index in [0.717, 1.165) is 0 Å². The predicted octanol–water partition coefficient (Wildman–Crippen LogP) is -4.87. The SMILES string of the molecule is CSCC[C@H](NC(=O)[C@H](C)NC(=O)[C@@H](N)CO)C(=O)N[C@@H](CCCN=C(N)N)C(=O)N[C@@H](Cc1cnc[nH]1)C(=O)N[C@@H](CO)C(=O)N[C@@H](CC(C)C)C(=O)O. The van der Waals surface area contributed by atoms with E-state index in [9.17, 15) is 43.8 Å². The number of carboxylic acids is 1. The summed E-state index contributed by atoms with van der Waals surface area (Å²) >= 11 is 1.38. The quantitative estimate of drug-likeness (QED) is 0.0237. The molecule has 0 bridgehead atoms. The van der Waals surface area contributed by atoms with E-state index in [4.69, 9.17) is 22.3 Å². The lowest BCUT2D eigenvalue weighted by molar-refractivity contribution is -0.143. The molecule has 0 unspecified atom stereocenters. The fourth-order valence-electron chi connectivity index (χ4n) is 4.84. The largest absolute Gasteiger partial charge is 0.480 e. The van der Waals surface area contributed by atoms with Gasteiger partial charge in [-0.1, -0.05) is 13.8 Å². The van der Waals surface area contributed by atoms with Gasteiger partial charge in [0.05, 0.1) is 19.5 Å². The van der Waals surface area contributed by atoms with Crippen molar-refractivity contribution in [2.45, 2.75) is 95.2 Å². The van der Waals surface area contributed by atoms with E-state index >= 15 is 0 Å². The molecule has 16 N–H and O–H groups in total. The molecule has 0 aliphatic heterocycles. The molecule has 23 heteroatoms. The van der Waals surface area contributed by atoms with Crippen molar-refractivity contribution in [3.63, 3.8) is 0 Å². The molecule has 1 heterocycles. The van der Waals surface area contributed by atoms with E-state index in [-0.39, 0.29) is 50.5 Å². The molecule has 7 atom stereocenters. The van der Waals surface area contributed by atoms with Crippen molar-refractivity contribution in [2.75, 3.05) is 31.8 Å². The van der Waals surface area contributed by atoms with Gasteiger partial charge in [-0.3, -0.25) is 33.8 Å². The molecular formula is C32H56N12O10S. The van der Waals surface area contributed by atoms with Crippen LogP contribution in [0.25, 0.3) is 0 Å². The maximum atomic E-state index is 13.9. The number of H-pyrrole nitrogens is 1. The zero-order chi connectivity index (χ0) is 41.7. The number of aromatic nitrogens is 2. The predicted molar refractivity (Wildman–Crippen MR) is 202 cm³/mol. The van der Waals surface area contributed by atoms with E-state index in [1.165, 1.54) is 31.2 Å². The van der Waals surface area contributed by atoms with Crippen LogP contribution >= 0.6 is 11.8 Å². The number of aliphatic carboxylic acids is 1. The second-order valence-corrected chi connectivity index (χ2v) is 14.0. The minimum absolute atomic E-state index is 0.0461. The summed E-state index contributed by atoms with van der Waals surface area (Å²) in [6, 6.07) is -9.23. The Balaban J connectivity index is 3.32. The average Bonchev–Trinajstić information content (AvgIpc) is 3.64. The highest BCUT2D eigenvalue weighted by atomic mass is 32.2. The van der Waals surface area contributed by atoms with Crippen LogP contribution in [0, 0.1) is 5.92 Å². The normalized spacial score (nSPS) is 14.8. The molecule has 1 aromatic rings. The number of thioether (sulfide) groups is 1. The van der Waals surface area contributed by atoms with Crippen molar-refractivity contribution in [1.82, 2.24) is 41.9 Å². The maximum absolute atomic E-state index is 13.9. The first kappa shape index (κ1) is 48.0. The number of nitrogens with zero attached hydrogens (tertiary/aromatic N) is 2. The fraction of sp³-hybridized carbons (Fsp3) is 0.656. The lowest BCUT2D eigenvalue weighted by Gasteiger charge is -2.27. The van der Waals surface area contributed by atoms with Gasteiger partial charge in [-0.2, -0.15) is 11.8 Å². The first-order valence-corrected chi connectivity index (χ1v) is 18.9. The third-order valence-electron chi connectivity index (χ3n) is 7.86. The molecule has 0 aliphatic carbocycles. The lowest BCUT2D eigenvalue weighted by Crippen LogP contribution is -2.60. The van der Waals surface area contributed by atoms with Crippen molar-refractivity contribution >= 4 is 59.1 Å². The Bertz CT molecular complexity index is 1440. The number of rotatable bonds is 26. The summed E-state index contributed by atoms with van der Waals surface area (Å²) in [5.74, 6) is -6.25. The van der Waals surface area contributed by atoms with Gasteiger partial charge in [-0.15, -0.1) is 0 Å². The zero-order valence-corrected chi connectivity index (χ0v) is 32.2. The lowest BCUT2D eigenvalue weighted by atomic mass is 10.0. The summed E-state index contributed by atoms with van der Waals surface area (Å²) in [4.78, 5) is 101. The summed E-state index contributed by atoms with van der Waals surface area (Å²) < 4.78 is 0. The van der Waals surface area contributed by atoms with Crippen LogP contribution in [0.5, 0.6) is 0 Å². The highest BCUT2D eigenvalue weighted by Gasteiger charge is 2.33. The second kappa shape index (κ2) is 25.1. The Morgan fingerprint density at radius 2 is 1.33 bits per heavy atom. The number of hydrogen-bond acceptors (Lipinski definition) is 13. The van der Waals surface area contributed by atoms with Crippen LogP contribution in [0.4, 0.5) is 0 Å². The van der Waals surface area contributed by atoms with E-state index in [0.29, 0.717) is 11.4 Å². The molecule has 0 aliphatic rings. The van der Waals surface area contributed by atoms with Crippen LogP contribution < -0.4 is 49.1 Å². The molecule has 0 fully saturated rings. The minimum Gasteiger partial charge on any atom is -0.480 e. The van der Waals surface area contributed by atoms with Crippen LogP contribution in [-0.4, -0.2) is 147 Å². The third kappa shape index (κ3) is 18.3. The fourth-order valence-corrected chi connectivity index (χ4v) is 5.32. The highest BCUT2D eigenvalue weighted by Crippen LogP contribution is 2.08. The number of amides is 6. The summed E-state index contributed by atoms with van der Waals surface area (Å²) in [7, 11) is 0. The summed E-state index contributed by atoms with van der Waals surface area (Å²) in [5.41, 5.74) is 16.7. The van der Waals surface area contributed by atoms with Crippen molar-refractivity contribution in [1.29, 1.82) is 0 Å². The number of aliphatic hydroxyl groups excluding tert-OH is 2. The van der Waals surface area contributed by atoms with Crippen LogP contribution in [0.2, 0.25) is 0 Å². The number of nitrogens with one attached hydrogen (secondary N) is 7. The monoisotopic (exact) mass is 800 g/mol. The molecule has 22 nitrogen and oxygen atoms in total. The Hall–Kier alpha value is -5.00. The van der Waals surface area contributed by atoms with E-state index in [1.807, 2.05) is 0 Å². The summed E-state index contributed by atoms with van der Waals surface area (Å²) in [6.07, 6.45) is 4.65. The van der Waals surface area contributed by atoms with Crippen LogP contribution in [0.1, 0.15) is 52.1 Å². The van der Waals surface area contributed by atoms with Gasteiger partial charge in [-0.25, -0.2) is 9.78 Å². The van der Waals surface area contributed by atoms with Crippen molar-refractivity contribution in [3.05, 3.63) is 18.2 Å². The number of aliphatic imine (C=N–C) groups is 1. The van der Waals surface area contributed by atoms with E-state index in [1.54, 1.807) is 20.1 Å². The maximum Gasteiger partial charge on any atom is 0.326 e. The number of carbonyl (C=O) groups is 7. The standard InChI is InChI=1S/C32H56N12O10S/c1-16(2)10-23(31(53)54)43-30(52)24(14-46)44-29(51)22(11-18-12-36-15-38-18)42-27(49)20(6-5-8-37-32(34)35)41-28(50)21(7-9-55-4)40-25(47)17(3)39-26(48)19(33)13-45/h12,15-17,19-24,45-46H,5-11,13-14,33H2,1-4H3,(H,36,38)(H,39,48)(H,40,47)(H,41,50)(H,42,49)(H,43,52)(H,44,51)(H,53,54)(H4,34,35,37)/t17-,19-,20-,21-,22-,23-,24-/m0/s1. The van der Waals surface area contributed by atoms with Gasteiger partial charge < -0.3 is 69.4 Å². The zero-order valence-electron chi connectivity index (χ0n) is 31.4. The van der Waals surface area contributed by atoms with Gasteiger partial charge in [0.25, 0.3) is 0 Å². The summed E-state index contributed by atoms with van der Waals surface area (Å²) in [5, 5.41) is 43.4. The number of aromatic amines is 1. The number of guanidine groups is 1. The Kier molecular flexibility index (Phi) is 22.0. The first-order chi connectivity index (χ1) is 25.9. The Morgan fingerprint density at radius 1 is 0.782 bits per heavy atom. The van der Waals surface area contributed by atoms with Gasteiger partial charge in [0.2, 0.25) is 35.4 Å². The first-order valence-electron chi connectivity index (χ1n) is 17.5. The average molecular weight is 801 g/mol. The van der Waals surface area contributed by atoms with Gasteiger partial charge >= 0.3 is 5.97 Å². The minimum atomic E-state index is -1.59. The van der Waals surface area contributed by atoms with Crippen molar-refractivity contribution < 1.29 is 48.9 Å². The second-order valence-electron chi connectivity index (χ2n) is 13.0. The highest BCUT2D eigenvalue weighted by molar-refractivity contribution is 7.98. The number of imidazole rings is 1. The number of aliphatic hydroxyl groups is 2.